The van der Waals surface area contributed by atoms with Crippen LogP contribution in [0.2, 0.25) is 0 Å². The number of rotatable bonds is 6. The Hall–Kier alpha value is -1.45. The van der Waals surface area contributed by atoms with Crippen LogP contribution in [0.15, 0.2) is 17.1 Å². The summed E-state index contributed by atoms with van der Waals surface area (Å²) in [5.41, 5.74) is 4.63. The van der Waals surface area contributed by atoms with Gasteiger partial charge in [0.05, 0.1) is 19.8 Å². The number of nitrogen functional groups attached to an aromatic ring is 1. The van der Waals surface area contributed by atoms with Crippen molar-refractivity contribution in [3.05, 3.63) is 22.7 Å². The number of ether oxygens (including phenoxy) is 1. The van der Waals surface area contributed by atoms with Crippen molar-refractivity contribution < 1.29 is 49.1 Å². The molecular weight excluding hydrogens is 393 g/mol. The molecule has 9 N–H and O–H groups in total. The molecular formula is C12H22N3O11P. The zero-order valence-electron chi connectivity index (χ0n) is 13.8. The van der Waals surface area contributed by atoms with E-state index in [1.165, 1.54) is 12.3 Å². The molecule has 0 aromatic carbocycles. The summed E-state index contributed by atoms with van der Waals surface area (Å²) in [4.78, 5) is 31.1. The minimum atomic E-state index is -4.50. The first-order valence-electron chi connectivity index (χ1n) is 7.46. The predicted octanol–water partition coefficient (Wildman–Crippen LogP) is -4.11. The highest BCUT2D eigenvalue weighted by Gasteiger charge is 2.43. The topological polar surface area (TPSA) is 238 Å². The van der Waals surface area contributed by atoms with Gasteiger partial charge in [-0.25, -0.2) is 9.36 Å². The monoisotopic (exact) mass is 415 g/mol. The van der Waals surface area contributed by atoms with Gasteiger partial charge in [-0.1, -0.05) is 0 Å². The molecule has 0 aliphatic carbocycles. The fourth-order valence-corrected chi connectivity index (χ4v) is 2.33. The van der Waals surface area contributed by atoms with Crippen LogP contribution in [0.3, 0.4) is 0 Å². The maximum absolute atomic E-state index is 11.5. The smallest absolute Gasteiger partial charge is 0.394 e. The van der Waals surface area contributed by atoms with Crippen LogP contribution in [0.25, 0.3) is 0 Å². The van der Waals surface area contributed by atoms with E-state index in [4.69, 9.17) is 35.6 Å². The van der Waals surface area contributed by atoms with E-state index in [0.29, 0.717) is 0 Å². The second-order valence-electron chi connectivity index (χ2n) is 5.39. The van der Waals surface area contributed by atoms with Crippen molar-refractivity contribution in [2.45, 2.75) is 30.6 Å². The van der Waals surface area contributed by atoms with Gasteiger partial charge in [-0.05, 0) is 6.07 Å². The molecule has 27 heavy (non-hydrogen) atoms. The highest BCUT2D eigenvalue weighted by Crippen LogP contribution is 2.35. The molecule has 1 aliphatic heterocycles. The number of anilines is 1. The Morgan fingerprint density at radius 2 is 1.96 bits per heavy atom. The van der Waals surface area contributed by atoms with E-state index in [0.717, 1.165) is 4.57 Å². The van der Waals surface area contributed by atoms with E-state index >= 15 is 0 Å². The third kappa shape index (κ3) is 7.23. The van der Waals surface area contributed by atoms with Gasteiger partial charge in [-0.3, -0.25) is 9.09 Å². The lowest BCUT2D eigenvalue weighted by Crippen LogP contribution is -2.36. The summed E-state index contributed by atoms with van der Waals surface area (Å²) in [6.07, 6.45) is -4.51. The third-order valence-electron chi connectivity index (χ3n) is 3.29. The van der Waals surface area contributed by atoms with Crippen LogP contribution in [-0.2, 0) is 13.8 Å². The number of nitrogens with zero attached hydrogens (tertiary/aromatic N) is 2. The fraction of sp³-hybridized carbons (Fsp3) is 0.667. The Balaban J connectivity index is 0.000000314. The van der Waals surface area contributed by atoms with Gasteiger partial charge >= 0.3 is 13.5 Å². The lowest BCUT2D eigenvalue weighted by atomic mass is 10.1. The number of phosphoric acid groups is 1. The van der Waals surface area contributed by atoms with Gasteiger partial charge in [0, 0.05) is 6.20 Å². The van der Waals surface area contributed by atoms with Crippen molar-refractivity contribution in [2.24, 2.45) is 0 Å². The summed E-state index contributed by atoms with van der Waals surface area (Å²) in [5, 5.41) is 44.8. The van der Waals surface area contributed by atoms with Gasteiger partial charge in [0.1, 0.15) is 30.2 Å². The van der Waals surface area contributed by atoms with Crippen molar-refractivity contribution in [3.63, 3.8) is 0 Å². The van der Waals surface area contributed by atoms with Crippen LogP contribution >= 0.6 is 7.82 Å². The average molecular weight is 415 g/mol. The zero-order valence-corrected chi connectivity index (χ0v) is 14.7. The van der Waals surface area contributed by atoms with Gasteiger partial charge in [0.25, 0.3) is 0 Å². The summed E-state index contributed by atoms with van der Waals surface area (Å²) in [6, 6.07) is 1.37. The van der Waals surface area contributed by atoms with Gasteiger partial charge in [-0.15, -0.1) is 0 Å². The molecule has 0 spiro atoms. The molecule has 0 radical (unpaired) electrons. The average Bonchev–Trinajstić information content (AvgIpc) is 2.87. The van der Waals surface area contributed by atoms with Crippen LogP contribution in [0, 0.1) is 0 Å². The molecule has 2 heterocycles. The quantitative estimate of drug-likeness (QED) is 0.206. The van der Waals surface area contributed by atoms with E-state index in [2.05, 4.69) is 9.51 Å². The Morgan fingerprint density at radius 1 is 1.33 bits per heavy atom. The largest absolute Gasteiger partial charge is 0.469 e. The Bertz CT molecular complexity index is 695. The van der Waals surface area contributed by atoms with Crippen LogP contribution in [-0.4, -0.2) is 89.1 Å². The highest BCUT2D eigenvalue weighted by atomic mass is 31.2. The molecule has 1 aromatic heterocycles. The first-order valence-corrected chi connectivity index (χ1v) is 8.99. The van der Waals surface area contributed by atoms with Gasteiger partial charge in [-0.2, -0.15) is 4.98 Å². The molecule has 0 saturated carbocycles. The molecule has 14 nitrogen and oxygen atoms in total. The van der Waals surface area contributed by atoms with Crippen LogP contribution < -0.4 is 11.4 Å². The Labute approximate surface area is 152 Å². The minimum Gasteiger partial charge on any atom is -0.394 e. The van der Waals surface area contributed by atoms with Gasteiger partial charge < -0.3 is 45.8 Å². The van der Waals surface area contributed by atoms with Crippen LogP contribution in [0.4, 0.5) is 5.82 Å². The fourth-order valence-electron chi connectivity index (χ4n) is 1.97. The molecule has 2 rings (SSSR count). The number of aromatic nitrogens is 2. The SMILES string of the molecule is Nc1ccn([C@@H]2O[C@H](CO)[C@@H](O)[C@H]2O)c(=O)n1.O=P(O)(O)OCC(O)CO. The normalized spacial score (nSPS) is 26.3. The molecule has 1 saturated heterocycles. The third-order valence-corrected chi connectivity index (χ3v) is 3.77. The van der Waals surface area contributed by atoms with E-state index in [1.807, 2.05) is 0 Å². The number of hydrogen-bond donors (Lipinski definition) is 8. The maximum atomic E-state index is 11.5. The number of aliphatic hydroxyl groups excluding tert-OH is 5. The van der Waals surface area contributed by atoms with Gasteiger partial charge in [0.15, 0.2) is 6.23 Å². The van der Waals surface area contributed by atoms with E-state index in [9.17, 15) is 19.6 Å². The summed E-state index contributed by atoms with van der Waals surface area (Å²) in [6.45, 7) is -1.60. The minimum absolute atomic E-state index is 0.0537. The molecule has 0 bridgehead atoms. The first-order chi connectivity index (χ1) is 12.5. The van der Waals surface area contributed by atoms with E-state index in [1.54, 1.807) is 0 Å². The Kier molecular flexibility index (Phi) is 8.90. The van der Waals surface area contributed by atoms with Crippen molar-refractivity contribution in [1.29, 1.82) is 0 Å². The highest BCUT2D eigenvalue weighted by molar-refractivity contribution is 7.46. The van der Waals surface area contributed by atoms with Crippen molar-refractivity contribution in [3.8, 4) is 0 Å². The summed E-state index contributed by atoms with van der Waals surface area (Å²) in [5.74, 6) is 0.0537. The zero-order chi connectivity index (χ0) is 20.8. The molecule has 0 amide bonds. The van der Waals surface area contributed by atoms with Gasteiger partial charge in [0.2, 0.25) is 0 Å². The molecule has 1 aliphatic rings. The van der Waals surface area contributed by atoms with E-state index in [-0.39, 0.29) is 5.82 Å². The van der Waals surface area contributed by atoms with Crippen molar-refractivity contribution in [1.82, 2.24) is 9.55 Å². The molecule has 1 fully saturated rings. The predicted molar refractivity (Wildman–Crippen MR) is 87.0 cm³/mol. The summed E-state index contributed by atoms with van der Waals surface area (Å²) >= 11 is 0. The molecule has 15 heteroatoms. The number of aliphatic hydroxyl groups is 5. The number of hydrogen-bond acceptors (Lipinski definition) is 11. The summed E-state index contributed by atoms with van der Waals surface area (Å²) in [7, 11) is -4.50. The second kappa shape index (κ2) is 10.2. The Morgan fingerprint density at radius 3 is 2.41 bits per heavy atom. The molecule has 156 valence electrons. The van der Waals surface area contributed by atoms with Crippen molar-refractivity contribution >= 4 is 13.6 Å². The van der Waals surface area contributed by atoms with E-state index < -0.39 is 64.0 Å². The lowest BCUT2D eigenvalue weighted by Gasteiger charge is -2.16. The molecule has 1 aromatic rings. The lowest BCUT2D eigenvalue weighted by molar-refractivity contribution is -0.0549. The summed E-state index contributed by atoms with van der Waals surface area (Å²) < 4.78 is 20.0. The maximum Gasteiger partial charge on any atom is 0.469 e. The first kappa shape index (κ1) is 23.6. The van der Waals surface area contributed by atoms with Crippen LogP contribution in [0.5, 0.6) is 0 Å². The molecule has 1 unspecified atom stereocenters. The second-order valence-corrected chi connectivity index (χ2v) is 6.63. The number of nitrogens with two attached hydrogens (primary N) is 1. The van der Waals surface area contributed by atoms with Crippen molar-refractivity contribution in [2.75, 3.05) is 25.6 Å². The standard InChI is InChI=1S/C9H13N3O5.C3H9O6P/c10-5-1-2-12(9(16)11-5)8-7(15)6(14)4(3-13)17-8;4-1-3(5)2-9-10(6,7)8/h1-2,4,6-8,13-15H,3H2,(H2,10,11,16);3-5H,1-2H2,(H2,6,7,8)/t4-,6-,7-,8-;/m1./s1. The molecule has 5 atom stereocenters. The van der Waals surface area contributed by atoms with Crippen LogP contribution in [0.1, 0.15) is 6.23 Å². The number of phosphoric ester groups is 1.